The number of Topliss-reactive ketones (excluding diaryl/α,β-unsaturated/α-hetero) is 1. The van der Waals surface area contributed by atoms with Crippen LogP contribution in [0.2, 0.25) is 0 Å². The van der Waals surface area contributed by atoms with Gasteiger partial charge in [0.1, 0.15) is 0 Å². The number of aliphatic carboxylic acids is 1. The maximum Gasteiger partial charge on any atom is 0.304 e. The topological polar surface area (TPSA) is 109 Å². The summed E-state index contributed by atoms with van der Waals surface area (Å²) in [5, 5.41) is 19.4. The Kier molecular flexibility index (Phi) is 4.12. The van der Waals surface area contributed by atoms with Crippen molar-refractivity contribution in [3.63, 3.8) is 0 Å². The van der Waals surface area contributed by atoms with Crippen LogP contribution >= 0.6 is 0 Å². The van der Waals surface area contributed by atoms with E-state index in [-0.39, 0.29) is 23.2 Å². The van der Waals surface area contributed by atoms with Crippen LogP contribution in [-0.4, -0.2) is 16.9 Å². The van der Waals surface area contributed by atoms with E-state index in [4.69, 9.17) is 10.4 Å². The zero-order valence-corrected chi connectivity index (χ0v) is 10.6. The average Bonchev–Trinajstić information content (AvgIpc) is 2.35. The molecule has 0 amide bonds. The van der Waals surface area contributed by atoms with Crippen molar-refractivity contribution in [1.82, 2.24) is 0 Å². The molecule has 0 unspecified atom stereocenters. The molecule has 0 spiro atoms. The molecular weight excluding hydrogens is 248 g/mol. The Bertz CT molecular complexity index is 585. The molecule has 1 aromatic carbocycles. The number of ketones is 1. The molecule has 2 N–H and O–H groups in total. The van der Waals surface area contributed by atoms with Gasteiger partial charge in [0, 0.05) is 33.2 Å². The van der Waals surface area contributed by atoms with Crippen molar-refractivity contribution in [2.75, 3.05) is 0 Å². The van der Waals surface area contributed by atoms with E-state index in [1.165, 1.54) is 32.0 Å². The van der Waals surface area contributed by atoms with Gasteiger partial charge in [0.05, 0.1) is 18.1 Å². The molecule has 0 aliphatic carbocycles. The van der Waals surface area contributed by atoms with Gasteiger partial charge in [-0.3, -0.25) is 9.59 Å². The minimum atomic E-state index is -1.15. The minimum Gasteiger partial charge on any atom is -0.481 e. The van der Waals surface area contributed by atoms with Crippen molar-refractivity contribution >= 4 is 17.4 Å². The molecular formula is C13H13N2O4+. The quantitative estimate of drug-likeness (QED) is 0.759. The van der Waals surface area contributed by atoms with Gasteiger partial charge in [-0.1, -0.05) is 13.8 Å². The van der Waals surface area contributed by atoms with Crippen molar-refractivity contribution in [3.05, 3.63) is 34.2 Å². The van der Waals surface area contributed by atoms with Crippen LogP contribution in [-0.2, 0) is 4.79 Å². The Morgan fingerprint density at radius 3 is 2.53 bits per heavy atom. The lowest BCUT2D eigenvalue weighted by molar-refractivity contribution is -0.379. The number of nitroso groups, excluding NO2 is 1. The largest absolute Gasteiger partial charge is 0.481 e. The lowest BCUT2D eigenvalue weighted by atomic mass is 9.80. The molecule has 0 saturated heterocycles. The van der Waals surface area contributed by atoms with Crippen LogP contribution in [0.15, 0.2) is 18.2 Å². The highest BCUT2D eigenvalue weighted by molar-refractivity contribution is 6.03. The normalized spacial score (nSPS) is 10.6. The van der Waals surface area contributed by atoms with E-state index in [1.807, 2.05) is 6.07 Å². The Morgan fingerprint density at radius 1 is 1.42 bits per heavy atom. The highest BCUT2D eigenvalue weighted by Crippen LogP contribution is 2.28. The van der Waals surface area contributed by atoms with Crippen molar-refractivity contribution in [1.29, 1.82) is 5.26 Å². The maximum atomic E-state index is 12.3. The second-order valence-electron chi connectivity index (χ2n) is 4.76. The van der Waals surface area contributed by atoms with Gasteiger partial charge in [-0.15, -0.1) is 0 Å². The molecule has 0 fully saturated rings. The van der Waals surface area contributed by atoms with Crippen LogP contribution in [0, 0.1) is 21.7 Å². The first kappa shape index (κ1) is 14.5. The smallest absolute Gasteiger partial charge is 0.304 e. The Labute approximate surface area is 109 Å². The number of nitriles is 1. The van der Waals surface area contributed by atoms with E-state index in [0.29, 0.717) is 0 Å². The van der Waals surface area contributed by atoms with Gasteiger partial charge in [-0.25, -0.2) is 0 Å². The Balaban J connectivity index is 3.29. The van der Waals surface area contributed by atoms with Crippen LogP contribution in [0.5, 0.6) is 0 Å². The van der Waals surface area contributed by atoms with Gasteiger partial charge in [0.2, 0.25) is 0 Å². The second kappa shape index (κ2) is 5.40. The number of carboxylic acids is 1. The van der Waals surface area contributed by atoms with Gasteiger partial charge < -0.3 is 5.11 Å². The van der Waals surface area contributed by atoms with Gasteiger partial charge in [0.15, 0.2) is 5.78 Å². The van der Waals surface area contributed by atoms with E-state index < -0.39 is 17.2 Å². The number of benzene rings is 1. The number of nitrogens with one attached hydrogen (secondary N) is 1. The summed E-state index contributed by atoms with van der Waals surface area (Å²) in [4.78, 5) is 33.6. The summed E-state index contributed by atoms with van der Waals surface area (Å²) in [5.74, 6) is -1.58. The number of carboxylic acid groups (broad SMARTS) is 1. The number of carbonyl (C=O) groups excluding carboxylic acids is 1. The summed E-state index contributed by atoms with van der Waals surface area (Å²) in [7, 11) is 0. The first-order valence-corrected chi connectivity index (χ1v) is 5.50. The van der Waals surface area contributed by atoms with Crippen LogP contribution in [0.1, 0.15) is 36.2 Å². The molecule has 0 bridgehead atoms. The second-order valence-corrected chi connectivity index (χ2v) is 4.76. The minimum absolute atomic E-state index is 0.0506. The molecule has 0 atom stereocenters. The van der Waals surface area contributed by atoms with Crippen molar-refractivity contribution in [2.45, 2.75) is 20.3 Å². The molecule has 98 valence electrons. The lowest BCUT2D eigenvalue weighted by Crippen LogP contribution is -2.55. The summed E-state index contributed by atoms with van der Waals surface area (Å²) in [6.07, 6.45) is -0.355. The van der Waals surface area contributed by atoms with Crippen molar-refractivity contribution < 1.29 is 19.9 Å². The maximum absolute atomic E-state index is 12.3. The van der Waals surface area contributed by atoms with Crippen LogP contribution in [0.3, 0.4) is 0 Å². The SMILES string of the molecule is CC(C)(CC(=O)O)C(=O)c1cc([NH+]=O)ccc1C#N. The Hall–Kier alpha value is -2.55. The van der Waals surface area contributed by atoms with Gasteiger partial charge in [0.25, 0.3) is 5.69 Å². The van der Waals surface area contributed by atoms with Crippen LogP contribution in [0.4, 0.5) is 5.69 Å². The molecule has 0 aliphatic heterocycles. The van der Waals surface area contributed by atoms with Gasteiger partial charge in [-0.2, -0.15) is 5.26 Å². The fourth-order valence-electron chi connectivity index (χ4n) is 1.72. The number of hydrogen-bond donors (Lipinski definition) is 2. The molecule has 1 aromatic rings. The number of carbonyl (C=O) groups is 2. The van der Waals surface area contributed by atoms with E-state index in [9.17, 15) is 14.5 Å². The third-order valence-electron chi connectivity index (χ3n) is 2.71. The summed E-state index contributed by atoms with van der Waals surface area (Å²) in [6, 6.07) is 5.85. The third-order valence-corrected chi connectivity index (χ3v) is 2.71. The fourth-order valence-corrected chi connectivity index (χ4v) is 1.72. The monoisotopic (exact) mass is 261 g/mol. The van der Waals surface area contributed by atoms with Crippen LogP contribution < -0.4 is 5.18 Å². The average molecular weight is 261 g/mol. The fraction of sp³-hybridized carbons (Fsp3) is 0.308. The molecule has 0 aromatic heterocycles. The van der Waals surface area contributed by atoms with E-state index in [2.05, 4.69) is 0 Å². The van der Waals surface area contributed by atoms with Crippen LogP contribution in [0.25, 0.3) is 0 Å². The van der Waals surface area contributed by atoms with E-state index >= 15 is 0 Å². The summed E-state index contributed by atoms with van der Waals surface area (Å²) < 4.78 is 0. The molecule has 1 rings (SSSR count). The highest BCUT2D eigenvalue weighted by atomic mass is 16.4. The van der Waals surface area contributed by atoms with Gasteiger partial charge >= 0.3 is 5.97 Å². The third kappa shape index (κ3) is 3.22. The summed E-state index contributed by atoms with van der Waals surface area (Å²) in [5.41, 5.74) is -0.843. The van der Waals surface area contributed by atoms with E-state index in [1.54, 1.807) is 5.18 Å². The standard InChI is InChI=1S/C13H12N2O4/c1-13(2,6-11(16)17)12(18)10-5-9(15-19)4-3-8(10)7-14/h3-5H,6H2,1-2H3,(H,16,17)/p+1. The predicted octanol–water partition coefficient (Wildman–Crippen LogP) is 0.720. The number of nitrogens with zero attached hydrogens (tertiary/aromatic N) is 1. The number of hydrogen-bond acceptors (Lipinski definition) is 4. The van der Waals surface area contributed by atoms with Crippen molar-refractivity contribution in [2.24, 2.45) is 5.41 Å². The molecule has 6 nitrogen and oxygen atoms in total. The molecule has 0 aliphatic rings. The summed E-state index contributed by atoms with van der Waals surface area (Å²) in [6.45, 7) is 2.98. The van der Waals surface area contributed by atoms with Crippen molar-refractivity contribution in [3.8, 4) is 6.07 Å². The molecule has 19 heavy (non-hydrogen) atoms. The first-order valence-electron chi connectivity index (χ1n) is 5.50. The zero-order chi connectivity index (χ0) is 14.6. The molecule has 0 heterocycles. The first-order chi connectivity index (χ1) is 8.81. The highest BCUT2D eigenvalue weighted by Gasteiger charge is 2.33. The number of rotatable bonds is 5. The summed E-state index contributed by atoms with van der Waals surface area (Å²) >= 11 is 0. The molecule has 0 radical (unpaired) electrons. The van der Waals surface area contributed by atoms with E-state index in [0.717, 1.165) is 0 Å². The molecule has 6 heteroatoms. The predicted molar refractivity (Wildman–Crippen MR) is 65.5 cm³/mol. The Morgan fingerprint density at radius 2 is 2.05 bits per heavy atom. The molecule has 0 saturated carbocycles. The lowest BCUT2D eigenvalue weighted by Gasteiger charge is -2.21. The van der Waals surface area contributed by atoms with Gasteiger partial charge in [-0.05, 0) is 6.07 Å². The zero-order valence-electron chi connectivity index (χ0n) is 10.6.